The summed E-state index contributed by atoms with van der Waals surface area (Å²) in [5.41, 5.74) is -3.79. The lowest BCUT2D eigenvalue weighted by Crippen LogP contribution is -2.52. The number of pyridine rings is 1. The Balaban J connectivity index is 1.56. The maximum absolute atomic E-state index is 14.0. The van der Waals surface area contributed by atoms with Crippen molar-refractivity contribution in [2.75, 3.05) is 13.1 Å². The van der Waals surface area contributed by atoms with E-state index in [9.17, 15) is 37.5 Å². The third-order valence-electron chi connectivity index (χ3n) is 7.59. The number of amides is 3. The monoisotopic (exact) mass is 534 g/mol. The molecule has 2 N–H and O–H groups in total. The van der Waals surface area contributed by atoms with Gasteiger partial charge in [0.2, 0.25) is 11.3 Å². The molecule has 202 valence electrons. The molecule has 3 atom stereocenters. The maximum Gasteiger partial charge on any atom is 0.274 e. The number of nitrogens with zero attached hydrogens (tertiary/aromatic N) is 3. The Labute approximate surface area is 214 Å². The van der Waals surface area contributed by atoms with Crippen molar-refractivity contribution < 1.29 is 37.5 Å². The molecular weight excluding hydrogens is 509 g/mol. The Morgan fingerprint density at radius 1 is 1.21 bits per heavy atom. The van der Waals surface area contributed by atoms with Crippen LogP contribution in [0, 0.1) is 17.5 Å². The first-order valence-corrected chi connectivity index (χ1v) is 12.2. The van der Waals surface area contributed by atoms with E-state index in [4.69, 9.17) is 4.84 Å². The largest absolute Gasteiger partial charge is 0.503 e. The van der Waals surface area contributed by atoms with Crippen LogP contribution in [0.25, 0.3) is 0 Å². The van der Waals surface area contributed by atoms with Gasteiger partial charge in [-0.3, -0.25) is 24.0 Å². The second kappa shape index (κ2) is 9.15. The van der Waals surface area contributed by atoms with Gasteiger partial charge in [0, 0.05) is 49.6 Å². The Morgan fingerprint density at radius 3 is 2.53 bits per heavy atom. The van der Waals surface area contributed by atoms with Crippen molar-refractivity contribution in [1.29, 1.82) is 0 Å². The van der Waals surface area contributed by atoms with Gasteiger partial charge in [-0.25, -0.2) is 18.2 Å². The smallest absolute Gasteiger partial charge is 0.274 e. The van der Waals surface area contributed by atoms with Gasteiger partial charge in [-0.1, -0.05) is 0 Å². The molecule has 3 amide bonds. The molecule has 0 unspecified atom stereocenters. The third-order valence-corrected chi connectivity index (χ3v) is 7.59. The van der Waals surface area contributed by atoms with Crippen LogP contribution in [-0.4, -0.2) is 62.1 Å². The summed E-state index contributed by atoms with van der Waals surface area (Å²) < 4.78 is 42.6. The quantitative estimate of drug-likeness (QED) is 0.619. The summed E-state index contributed by atoms with van der Waals surface area (Å²) in [4.78, 5) is 59.6. The number of benzene rings is 1. The van der Waals surface area contributed by atoms with E-state index in [-0.39, 0.29) is 37.2 Å². The summed E-state index contributed by atoms with van der Waals surface area (Å²) in [5.74, 6) is -6.48. The number of aromatic nitrogens is 1. The topological polar surface area (TPSA) is 121 Å². The van der Waals surface area contributed by atoms with Gasteiger partial charge in [0.05, 0.1) is 12.5 Å². The zero-order valence-corrected chi connectivity index (χ0v) is 20.6. The Kier molecular flexibility index (Phi) is 6.21. The van der Waals surface area contributed by atoms with Crippen LogP contribution in [0.4, 0.5) is 13.2 Å². The maximum atomic E-state index is 14.0. The van der Waals surface area contributed by atoms with Gasteiger partial charge < -0.3 is 19.9 Å². The average molecular weight is 534 g/mol. The predicted molar refractivity (Wildman–Crippen MR) is 124 cm³/mol. The number of fused-ring (bicyclic) bond motifs is 5. The number of carbonyl (C=O) groups excluding carboxylic acids is 3. The molecule has 2 aromatic rings. The van der Waals surface area contributed by atoms with Gasteiger partial charge in [0.1, 0.15) is 28.6 Å². The van der Waals surface area contributed by atoms with Crippen LogP contribution in [0.2, 0.25) is 0 Å². The third kappa shape index (κ3) is 3.92. The molecule has 1 aromatic carbocycles. The van der Waals surface area contributed by atoms with Gasteiger partial charge >= 0.3 is 0 Å². The van der Waals surface area contributed by atoms with E-state index in [0.717, 1.165) is 6.20 Å². The number of hydrogen-bond acceptors (Lipinski definition) is 6. The normalized spacial score (nSPS) is 24.6. The molecule has 0 radical (unpaired) electrons. The van der Waals surface area contributed by atoms with E-state index in [0.29, 0.717) is 25.0 Å². The minimum absolute atomic E-state index is 0.00274. The van der Waals surface area contributed by atoms with E-state index in [1.54, 1.807) is 6.92 Å². The van der Waals surface area contributed by atoms with Crippen LogP contribution in [-0.2, 0) is 16.2 Å². The van der Waals surface area contributed by atoms with Crippen LogP contribution < -0.4 is 10.7 Å². The van der Waals surface area contributed by atoms with E-state index < -0.39 is 69.8 Å². The van der Waals surface area contributed by atoms with E-state index in [2.05, 4.69) is 5.32 Å². The van der Waals surface area contributed by atoms with Crippen molar-refractivity contribution in [1.82, 2.24) is 19.8 Å². The van der Waals surface area contributed by atoms with Crippen molar-refractivity contribution in [3.63, 3.8) is 0 Å². The fourth-order valence-corrected chi connectivity index (χ4v) is 5.51. The number of halogens is 3. The number of carbonyl (C=O) groups is 3. The van der Waals surface area contributed by atoms with Crippen LogP contribution in [0.3, 0.4) is 0 Å². The van der Waals surface area contributed by atoms with Crippen molar-refractivity contribution in [3.8, 4) is 5.75 Å². The summed E-state index contributed by atoms with van der Waals surface area (Å²) in [7, 11) is 0. The molecule has 2 bridgehead atoms. The molecule has 13 heteroatoms. The number of hydroxylamine groups is 2. The minimum atomic E-state index is -1.23. The number of hydrogen-bond donors (Lipinski definition) is 2. The molecular formula is C25H25F3N4O6. The molecule has 0 saturated carbocycles. The minimum Gasteiger partial charge on any atom is -0.503 e. The fraction of sp³-hybridized carbons (Fsp3) is 0.440. The summed E-state index contributed by atoms with van der Waals surface area (Å²) in [5, 5.41) is 14.3. The molecule has 2 saturated heterocycles. The molecule has 10 nitrogen and oxygen atoms in total. The molecule has 0 aliphatic carbocycles. The van der Waals surface area contributed by atoms with E-state index in [1.807, 2.05) is 6.92 Å². The summed E-state index contributed by atoms with van der Waals surface area (Å²) >= 11 is 0. The Bertz CT molecular complexity index is 1410. The zero-order chi connectivity index (χ0) is 27.5. The summed E-state index contributed by atoms with van der Waals surface area (Å²) in [6, 6.07) is -0.0938. The first-order valence-electron chi connectivity index (χ1n) is 12.2. The average Bonchev–Trinajstić information content (AvgIpc) is 3.13. The molecule has 3 aliphatic rings. The number of rotatable bonds is 4. The van der Waals surface area contributed by atoms with Crippen LogP contribution in [0.5, 0.6) is 5.75 Å². The fourth-order valence-electron chi connectivity index (χ4n) is 5.51. The lowest BCUT2D eigenvalue weighted by Gasteiger charge is -2.42. The second-order valence-electron chi connectivity index (χ2n) is 9.79. The van der Waals surface area contributed by atoms with Gasteiger partial charge in [-0.15, -0.1) is 0 Å². The number of nitrogens with one attached hydrogen (secondary N) is 1. The lowest BCUT2D eigenvalue weighted by atomic mass is 9.85. The highest BCUT2D eigenvalue weighted by molar-refractivity contribution is 5.99. The highest BCUT2D eigenvalue weighted by Crippen LogP contribution is 2.47. The highest BCUT2D eigenvalue weighted by atomic mass is 19.1. The molecule has 38 heavy (non-hydrogen) atoms. The predicted octanol–water partition coefficient (Wildman–Crippen LogP) is 2.00. The molecule has 5 rings (SSSR count). The lowest BCUT2D eigenvalue weighted by molar-refractivity contribution is -0.211. The van der Waals surface area contributed by atoms with Crippen molar-refractivity contribution >= 4 is 17.7 Å². The highest BCUT2D eigenvalue weighted by Gasteiger charge is 2.56. The van der Waals surface area contributed by atoms with Gasteiger partial charge in [-0.05, 0) is 26.7 Å². The molecule has 1 aromatic heterocycles. The molecule has 4 heterocycles. The van der Waals surface area contributed by atoms with Crippen LogP contribution in [0.1, 0.15) is 65.6 Å². The molecule has 1 spiro atoms. The van der Waals surface area contributed by atoms with Crippen molar-refractivity contribution in [2.24, 2.45) is 0 Å². The van der Waals surface area contributed by atoms with Gasteiger partial charge in [0.25, 0.3) is 11.8 Å². The zero-order valence-electron chi connectivity index (χ0n) is 20.6. The van der Waals surface area contributed by atoms with Gasteiger partial charge in [-0.2, -0.15) is 0 Å². The first kappa shape index (κ1) is 25.8. The van der Waals surface area contributed by atoms with E-state index in [1.165, 1.54) is 14.5 Å². The number of aromatic hydroxyl groups is 1. The van der Waals surface area contributed by atoms with Gasteiger partial charge in [0.15, 0.2) is 11.4 Å². The van der Waals surface area contributed by atoms with Crippen molar-refractivity contribution in [2.45, 2.75) is 57.3 Å². The van der Waals surface area contributed by atoms with Crippen LogP contribution >= 0.6 is 0 Å². The molecule has 3 aliphatic heterocycles. The Morgan fingerprint density at radius 2 is 1.89 bits per heavy atom. The Hall–Kier alpha value is -3.87. The van der Waals surface area contributed by atoms with E-state index >= 15 is 0 Å². The second-order valence-corrected chi connectivity index (χ2v) is 9.79. The van der Waals surface area contributed by atoms with Crippen molar-refractivity contribution in [3.05, 3.63) is 62.8 Å². The van der Waals surface area contributed by atoms with Crippen LogP contribution in [0.15, 0.2) is 23.1 Å². The summed E-state index contributed by atoms with van der Waals surface area (Å²) in [6.07, 6.45) is 1.98. The SMILES string of the molecule is CCN1O[C@@]2(CC[C@H](C)N3C[C@H]2n2cc(C(=O)NCc4c(F)cc(F)cc4F)c(=O)c(O)c2C3=O)CC1=O. The standard InChI is InChI=1S/C25H25F3N4O6/c1-3-32-19(33)8-25(38-32)5-4-12(2)30-11-18(25)31-10-15(21(34)22(35)20(31)24(30)37)23(36)29-9-14-16(27)6-13(26)7-17(14)28/h6-7,10,12,18,35H,3-5,8-9,11H2,1-2H3,(H,29,36)/t12-,18+,25-/m0/s1. The molecule has 2 fully saturated rings. The summed E-state index contributed by atoms with van der Waals surface area (Å²) in [6.45, 7) is 3.26. The first-order chi connectivity index (χ1) is 18.0.